The lowest BCUT2D eigenvalue weighted by molar-refractivity contribution is -0.316. The number of carbonyl (C=O) groups is 1. The summed E-state index contributed by atoms with van der Waals surface area (Å²) in [7, 11) is 3.68. The molecule has 0 saturated carbocycles. The van der Waals surface area contributed by atoms with Crippen LogP contribution in [0.3, 0.4) is 0 Å². The first kappa shape index (κ1) is 43.9. The second-order valence-electron chi connectivity index (χ2n) is 16.4. The zero-order chi connectivity index (χ0) is 39.0. The molecular weight excluding hydrogens is 668 g/mol. The van der Waals surface area contributed by atoms with Crippen molar-refractivity contribution in [3.8, 4) is 0 Å². The largest absolute Gasteiger partial charge is 0.459 e. The van der Waals surface area contributed by atoms with Gasteiger partial charge in [-0.15, -0.1) is 0 Å². The van der Waals surface area contributed by atoms with Gasteiger partial charge in [0, 0.05) is 30.2 Å². The van der Waals surface area contributed by atoms with E-state index in [0.29, 0.717) is 6.42 Å². The second kappa shape index (κ2) is 16.9. The van der Waals surface area contributed by atoms with E-state index in [2.05, 4.69) is 5.16 Å². The summed E-state index contributed by atoms with van der Waals surface area (Å²) in [5.41, 5.74) is -5.27. The molecule has 7 N–H and O–H groups in total. The lowest BCUT2D eigenvalue weighted by Crippen LogP contribution is -2.61. The molecule has 0 aromatic heterocycles. The number of ether oxygens (including phenoxy) is 5. The molecule has 51 heavy (non-hydrogen) atoms. The smallest absolute Gasteiger partial charge is 0.311 e. The highest BCUT2D eigenvalue weighted by Crippen LogP contribution is 2.40. The van der Waals surface area contributed by atoms with Crippen molar-refractivity contribution < 1.29 is 64.3 Å². The number of oxime groups is 1. The minimum Gasteiger partial charge on any atom is -0.459 e. The molecule has 15 heteroatoms. The third-order valence-electron chi connectivity index (χ3n) is 11.5. The van der Waals surface area contributed by atoms with Crippen LogP contribution in [-0.4, -0.2) is 151 Å². The van der Waals surface area contributed by atoms with Gasteiger partial charge in [0.25, 0.3) is 0 Å². The number of cyclic esters (lactones) is 1. The highest BCUT2D eigenvalue weighted by molar-refractivity contribution is 5.88. The number of aliphatic hydroxyl groups excluding tert-OH is 3. The van der Waals surface area contributed by atoms with Crippen LogP contribution in [0, 0.1) is 23.7 Å². The number of likely N-dealkylation sites (N-methyl/N-ethyl adjacent to an activating group) is 1. The van der Waals surface area contributed by atoms with Gasteiger partial charge < -0.3 is 64.4 Å². The molecule has 0 spiro atoms. The Morgan fingerprint density at radius 3 is 2.02 bits per heavy atom. The van der Waals surface area contributed by atoms with Gasteiger partial charge in [-0.25, -0.2) is 0 Å². The first-order valence-electron chi connectivity index (χ1n) is 18.3. The van der Waals surface area contributed by atoms with Crippen molar-refractivity contribution in [1.82, 2.24) is 4.90 Å². The van der Waals surface area contributed by atoms with Crippen LogP contribution >= 0.6 is 0 Å². The van der Waals surface area contributed by atoms with E-state index in [0.717, 1.165) is 0 Å². The summed E-state index contributed by atoms with van der Waals surface area (Å²) in [6.45, 7) is 16.1. The van der Waals surface area contributed by atoms with E-state index in [9.17, 15) is 40.6 Å². The van der Waals surface area contributed by atoms with E-state index in [1.807, 2.05) is 25.9 Å². The SMILES string of the molecule is CC[C@H]1OC(=O)[C@H](C)[C@@H](O[C@H]2C[C@@](C)(O)[C@@H](O)[C@H](C)O2)[C@H](C)[C@@H](O[C@@H]2O[C@H](C)C[C@H](N(C)C)[C@H]2O)[C@](C)(O)C[C@@H](C)/C(=N/O)[C@H](C)[C@@H](O)[C@]1(C)O. The fourth-order valence-electron chi connectivity index (χ4n) is 8.42. The van der Waals surface area contributed by atoms with Crippen LogP contribution in [0.5, 0.6) is 0 Å². The topological polar surface area (TPSA) is 220 Å². The molecule has 0 aromatic rings. The zero-order valence-corrected chi connectivity index (χ0v) is 32.5. The van der Waals surface area contributed by atoms with E-state index in [4.69, 9.17) is 23.7 Å². The van der Waals surface area contributed by atoms with E-state index >= 15 is 0 Å². The highest BCUT2D eigenvalue weighted by Gasteiger charge is 2.53. The molecule has 0 aromatic carbocycles. The summed E-state index contributed by atoms with van der Waals surface area (Å²) >= 11 is 0. The maximum Gasteiger partial charge on any atom is 0.311 e. The summed E-state index contributed by atoms with van der Waals surface area (Å²) in [6, 6.07) is -0.336. The van der Waals surface area contributed by atoms with Crippen molar-refractivity contribution >= 4 is 11.7 Å². The molecule has 3 aliphatic heterocycles. The summed E-state index contributed by atoms with van der Waals surface area (Å²) in [5, 5.41) is 82.3. The molecule has 3 rings (SSSR count). The van der Waals surface area contributed by atoms with Crippen molar-refractivity contribution in [2.24, 2.45) is 28.8 Å². The van der Waals surface area contributed by atoms with Crippen LogP contribution in [0.4, 0.5) is 0 Å². The van der Waals surface area contributed by atoms with Crippen LogP contribution in [0.1, 0.15) is 94.9 Å². The molecule has 0 amide bonds. The fraction of sp³-hybridized carbons (Fsp3) is 0.944. The molecule has 3 heterocycles. The monoisotopic (exact) mass is 734 g/mol. The lowest BCUT2D eigenvalue weighted by Gasteiger charge is -2.48. The number of aliphatic hydroxyl groups is 6. The lowest BCUT2D eigenvalue weighted by atomic mass is 9.73. The quantitative estimate of drug-likeness (QED) is 0.117. The van der Waals surface area contributed by atoms with E-state index in [1.165, 1.54) is 20.8 Å². The number of carbonyl (C=O) groups excluding carboxylic acids is 1. The van der Waals surface area contributed by atoms with Crippen molar-refractivity contribution in [2.75, 3.05) is 14.1 Å². The Hall–Kier alpha value is -1.50. The summed E-state index contributed by atoms with van der Waals surface area (Å²) in [5.74, 6) is -4.38. The normalized spacial score (nSPS) is 50.5. The molecular formula is C36H66N2O13. The van der Waals surface area contributed by atoms with Crippen molar-refractivity contribution in [1.29, 1.82) is 0 Å². The van der Waals surface area contributed by atoms with Crippen molar-refractivity contribution in [2.45, 2.75) is 179 Å². The van der Waals surface area contributed by atoms with E-state index in [-0.39, 0.29) is 37.1 Å². The average molecular weight is 735 g/mol. The number of hydrogen-bond donors (Lipinski definition) is 7. The molecule has 3 aliphatic rings. The van der Waals surface area contributed by atoms with Crippen LogP contribution in [-0.2, 0) is 28.5 Å². The Kier molecular flexibility index (Phi) is 14.5. The number of hydrogen-bond acceptors (Lipinski definition) is 15. The van der Waals surface area contributed by atoms with Crippen molar-refractivity contribution in [3.05, 3.63) is 0 Å². The first-order valence-corrected chi connectivity index (χ1v) is 18.3. The van der Waals surface area contributed by atoms with Gasteiger partial charge in [0.15, 0.2) is 12.6 Å². The van der Waals surface area contributed by atoms with Crippen LogP contribution in [0.2, 0.25) is 0 Å². The summed E-state index contributed by atoms with van der Waals surface area (Å²) in [6.07, 6.45) is -10.5. The average Bonchev–Trinajstić information content (AvgIpc) is 3.02. The van der Waals surface area contributed by atoms with Gasteiger partial charge in [0.1, 0.15) is 23.9 Å². The van der Waals surface area contributed by atoms with Crippen LogP contribution in [0.25, 0.3) is 0 Å². The summed E-state index contributed by atoms with van der Waals surface area (Å²) < 4.78 is 31.1. The Bertz CT molecular complexity index is 1180. The van der Waals surface area contributed by atoms with Gasteiger partial charge in [0.2, 0.25) is 0 Å². The third-order valence-corrected chi connectivity index (χ3v) is 11.5. The van der Waals surface area contributed by atoms with Gasteiger partial charge >= 0.3 is 5.97 Å². The van der Waals surface area contributed by atoms with E-state index < -0.39 is 102 Å². The first-order chi connectivity index (χ1) is 23.4. The minimum absolute atomic E-state index is 0.0866. The third kappa shape index (κ3) is 9.60. The molecule has 18 atom stereocenters. The van der Waals surface area contributed by atoms with Crippen molar-refractivity contribution in [3.63, 3.8) is 0 Å². The minimum atomic E-state index is -1.98. The Morgan fingerprint density at radius 2 is 1.49 bits per heavy atom. The standard InChI is InChI=1S/C36H66N2O13/c1-13-24-36(10,45)29(40)19(4)26(37-46)17(2)15-35(9,44)31(51-33-27(39)23(38(11)12)14-18(3)47-33)20(5)28(21(6)32(42)49-24)50-25-16-34(8,43)30(41)22(7)48-25/h17-25,27-31,33,39-41,43-46H,13-16H2,1-12H3/b37-26-/t17-,18-,19+,20+,21-,22+,23+,24-,25+,27-,28+,29-,30+,31-,33+,34-,35-,36-/m1/s1. The Balaban J connectivity index is 2.20. The Labute approximate surface area is 302 Å². The predicted molar refractivity (Wildman–Crippen MR) is 186 cm³/mol. The molecule has 15 nitrogen and oxygen atoms in total. The zero-order valence-electron chi connectivity index (χ0n) is 32.5. The second-order valence-corrected chi connectivity index (χ2v) is 16.4. The van der Waals surface area contributed by atoms with Gasteiger partial charge in [-0.1, -0.05) is 32.9 Å². The molecule has 3 saturated heterocycles. The molecule has 0 radical (unpaired) electrons. The predicted octanol–water partition coefficient (Wildman–Crippen LogP) is 1.39. The summed E-state index contributed by atoms with van der Waals surface area (Å²) in [4.78, 5) is 15.9. The van der Waals surface area contributed by atoms with Crippen LogP contribution < -0.4 is 0 Å². The van der Waals surface area contributed by atoms with Gasteiger partial charge in [-0.2, -0.15) is 0 Å². The van der Waals surface area contributed by atoms with Crippen LogP contribution in [0.15, 0.2) is 5.16 Å². The maximum atomic E-state index is 14.1. The highest BCUT2D eigenvalue weighted by atomic mass is 16.7. The molecule has 0 bridgehead atoms. The molecule has 0 unspecified atom stereocenters. The van der Waals surface area contributed by atoms with Gasteiger partial charge in [-0.3, -0.25) is 4.79 Å². The maximum absolute atomic E-state index is 14.1. The Morgan fingerprint density at radius 1 is 0.882 bits per heavy atom. The molecule has 0 aliphatic carbocycles. The number of esters is 1. The molecule has 298 valence electrons. The number of nitrogens with zero attached hydrogens (tertiary/aromatic N) is 2. The van der Waals surface area contributed by atoms with Gasteiger partial charge in [-0.05, 0) is 74.9 Å². The molecule has 3 fully saturated rings. The number of rotatable bonds is 6. The van der Waals surface area contributed by atoms with E-state index in [1.54, 1.807) is 41.5 Å². The fourth-order valence-corrected chi connectivity index (χ4v) is 8.42. The van der Waals surface area contributed by atoms with Gasteiger partial charge in [0.05, 0.1) is 53.4 Å².